The lowest BCUT2D eigenvalue weighted by Gasteiger charge is -2.23. The molecule has 0 bridgehead atoms. The summed E-state index contributed by atoms with van der Waals surface area (Å²) >= 11 is 0. The minimum atomic E-state index is -1.18. The highest BCUT2D eigenvalue weighted by atomic mass is 16.5. The van der Waals surface area contributed by atoms with Crippen LogP contribution in [0.5, 0.6) is 0 Å². The van der Waals surface area contributed by atoms with Crippen molar-refractivity contribution < 1.29 is 38.2 Å². The van der Waals surface area contributed by atoms with Crippen molar-refractivity contribution in [3.05, 3.63) is 125 Å². The summed E-state index contributed by atoms with van der Waals surface area (Å²) in [6.45, 7) is 0.112. The molecule has 2 atom stereocenters. The summed E-state index contributed by atoms with van der Waals surface area (Å²) in [6.07, 6.45) is 1.93. The molecule has 0 heterocycles. The molecule has 0 radical (unpaired) electrons. The van der Waals surface area contributed by atoms with Crippen LogP contribution in [0, 0.1) is 0 Å². The maximum atomic E-state index is 13.6. The topological polar surface area (TPSA) is 151 Å². The van der Waals surface area contributed by atoms with Crippen LogP contribution in [0.3, 0.4) is 0 Å². The second-order valence-corrected chi connectivity index (χ2v) is 11.1. The van der Waals surface area contributed by atoms with E-state index < -0.39 is 41.9 Å². The molecule has 0 spiro atoms. The molecular formula is C38H38N2O8. The number of nitrogens with two attached hydrogens (primary N) is 1. The van der Waals surface area contributed by atoms with Gasteiger partial charge in [0.25, 0.3) is 5.91 Å². The monoisotopic (exact) mass is 650 g/mol. The number of rotatable bonds is 16. The molecule has 0 unspecified atom stereocenters. The Morgan fingerprint density at radius 1 is 0.833 bits per heavy atom. The van der Waals surface area contributed by atoms with Crippen LogP contribution in [-0.2, 0) is 46.4 Å². The first kappa shape index (κ1) is 35.1. The van der Waals surface area contributed by atoms with E-state index in [1.165, 1.54) is 19.3 Å². The molecule has 3 N–H and O–H groups in total. The lowest BCUT2D eigenvalue weighted by molar-refractivity contribution is -0.153. The number of hydrogen-bond donors (Lipinski definition) is 2. The highest BCUT2D eigenvalue weighted by Gasteiger charge is 2.27. The number of primary amides is 1. The fourth-order valence-electron chi connectivity index (χ4n) is 5.08. The van der Waals surface area contributed by atoms with Gasteiger partial charge in [-0.05, 0) is 52.4 Å². The predicted octanol–water partition coefficient (Wildman–Crippen LogP) is 5.07. The fourth-order valence-corrected chi connectivity index (χ4v) is 5.08. The standard InChI is InChI=1S/C38H38N2O8/c1-46-35(42)21-20-29-13-7-8-15-32(29)37(44)40-33(16-9-17-36(43)47-25-26-10-3-2-4-11-26)38(45)48-31(24-34(39)41)23-27-18-19-28-12-5-6-14-30(28)22-27/h2-8,10-15,18-22,31,33H,9,16-17,23-25H2,1H3,(H2,39,41)(H,40,44)/t31-,33-/m0/s1. The summed E-state index contributed by atoms with van der Waals surface area (Å²) in [5, 5.41) is 4.75. The van der Waals surface area contributed by atoms with Crippen molar-refractivity contribution in [3.8, 4) is 0 Å². The zero-order chi connectivity index (χ0) is 34.3. The van der Waals surface area contributed by atoms with Crippen molar-refractivity contribution in [2.75, 3.05) is 7.11 Å². The Morgan fingerprint density at radius 3 is 2.29 bits per heavy atom. The van der Waals surface area contributed by atoms with E-state index in [1.807, 2.05) is 72.8 Å². The average Bonchev–Trinajstić information content (AvgIpc) is 3.09. The third kappa shape index (κ3) is 10.9. The van der Waals surface area contributed by atoms with Gasteiger partial charge in [0.05, 0.1) is 13.5 Å². The van der Waals surface area contributed by atoms with Gasteiger partial charge in [0, 0.05) is 24.5 Å². The van der Waals surface area contributed by atoms with E-state index in [1.54, 1.807) is 24.3 Å². The van der Waals surface area contributed by atoms with E-state index >= 15 is 0 Å². The zero-order valence-corrected chi connectivity index (χ0v) is 26.6. The minimum absolute atomic E-state index is 0.00720. The molecule has 0 saturated carbocycles. The lowest BCUT2D eigenvalue weighted by Crippen LogP contribution is -2.44. The maximum Gasteiger partial charge on any atom is 0.330 e. The van der Waals surface area contributed by atoms with Crippen molar-refractivity contribution in [2.45, 2.75) is 50.9 Å². The summed E-state index contributed by atoms with van der Waals surface area (Å²) in [6, 6.07) is 28.2. The molecule has 0 saturated heterocycles. The molecule has 248 valence electrons. The first-order chi connectivity index (χ1) is 23.2. The number of esters is 3. The number of methoxy groups -OCH3 is 1. The number of nitrogens with one attached hydrogen (secondary N) is 1. The van der Waals surface area contributed by atoms with E-state index in [2.05, 4.69) is 10.1 Å². The molecule has 10 nitrogen and oxygen atoms in total. The highest BCUT2D eigenvalue weighted by Crippen LogP contribution is 2.20. The van der Waals surface area contributed by atoms with Crippen LogP contribution in [0.25, 0.3) is 16.8 Å². The number of amides is 2. The molecule has 0 aliphatic rings. The molecule has 48 heavy (non-hydrogen) atoms. The molecule has 0 fully saturated rings. The Kier molecular flexibility index (Phi) is 13.0. The van der Waals surface area contributed by atoms with Gasteiger partial charge >= 0.3 is 17.9 Å². The minimum Gasteiger partial charge on any atom is -0.466 e. The van der Waals surface area contributed by atoms with Gasteiger partial charge in [-0.15, -0.1) is 0 Å². The molecular weight excluding hydrogens is 612 g/mol. The van der Waals surface area contributed by atoms with Crippen LogP contribution < -0.4 is 11.1 Å². The number of carbonyl (C=O) groups excluding carboxylic acids is 5. The Bertz CT molecular complexity index is 1770. The third-order valence-corrected chi connectivity index (χ3v) is 7.50. The van der Waals surface area contributed by atoms with Crippen molar-refractivity contribution in [1.29, 1.82) is 0 Å². The highest BCUT2D eigenvalue weighted by molar-refractivity contribution is 6.01. The summed E-state index contributed by atoms with van der Waals surface area (Å²) in [5.41, 5.74) is 7.80. The van der Waals surface area contributed by atoms with Crippen LogP contribution in [0.2, 0.25) is 0 Å². The Morgan fingerprint density at radius 2 is 1.54 bits per heavy atom. The predicted molar refractivity (Wildman–Crippen MR) is 180 cm³/mol. The number of hydrogen-bond acceptors (Lipinski definition) is 8. The Hall–Kier alpha value is -5.77. The number of fused-ring (bicyclic) bond motifs is 1. The summed E-state index contributed by atoms with van der Waals surface area (Å²) in [7, 11) is 1.24. The summed E-state index contributed by atoms with van der Waals surface area (Å²) < 4.78 is 15.8. The average molecular weight is 651 g/mol. The SMILES string of the molecule is COC(=O)C=Cc1ccccc1C(=O)N[C@@H](CCCC(=O)OCc1ccccc1)C(=O)O[C@H](CC(N)=O)Cc1ccc2ccccc2c1. The molecule has 4 aromatic rings. The van der Waals surface area contributed by atoms with E-state index in [-0.39, 0.29) is 44.3 Å². The fraction of sp³-hybridized carbons (Fsp3) is 0.237. The van der Waals surface area contributed by atoms with Gasteiger partial charge in [-0.3, -0.25) is 14.4 Å². The normalized spacial score (nSPS) is 12.2. The molecule has 0 aliphatic heterocycles. The van der Waals surface area contributed by atoms with Crippen LogP contribution in [0.15, 0.2) is 103 Å². The van der Waals surface area contributed by atoms with Crippen molar-refractivity contribution in [3.63, 3.8) is 0 Å². The van der Waals surface area contributed by atoms with Crippen LogP contribution >= 0.6 is 0 Å². The van der Waals surface area contributed by atoms with E-state index in [4.69, 9.17) is 15.2 Å². The maximum absolute atomic E-state index is 13.6. The second-order valence-electron chi connectivity index (χ2n) is 11.1. The second kappa shape index (κ2) is 17.8. The third-order valence-electron chi connectivity index (χ3n) is 7.50. The quantitative estimate of drug-likeness (QED) is 0.0970. The van der Waals surface area contributed by atoms with Gasteiger partial charge in [0.2, 0.25) is 5.91 Å². The smallest absolute Gasteiger partial charge is 0.330 e. The zero-order valence-electron chi connectivity index (χ0n) is 26.6. The molecule has 10 heteroatoms. The van der Waals surface area contributed by atoms with Gasteiger partial charge < -0.3 is 25.3 Å². The van der Waals surface area contributed by atoms with E-state index in [9.17, 15) is 24.0 Å². The van der Waals surface area contributed by atoms with Crippen molar-refractivity contribution in [2.24, 2.45) is 5.73 Å². The molecule has 2 amide bonds. The molecule has 0 aliphatic carbocycles. The first-order valence-corrected chi connectivity index (χ1v) is 15.5. The van der Waals surface area contributed by atoms with Gasteiger partial charge in [0.1, 0.15) is 18.8 Å². The van der Waals surface area contributed by atoms with E-state index in [0.29, 0.717) is 5.56 Å². The summed E-state index contributed by atoms with van der Waals surface area (Å²) in [5.74, 6) is -3.09. The van der Waals surface area contributed by atoms with E-state index in [0.717, 1.165) is 21.9 Å². The Balaban J connectivity index is 1.49. The van der Waals surface area contributed by atoms with Gasteiger partial charge in [-0.2, -0.15) is 0 Å². The largest absolute Gasteiger partial charge is 0.466 e. The lowest BCUT2D eigenvalue weighted by atomic mass is 10.0. The van der Waals surface area contributed by atoms with Gasteiger partial charge in [0.15, 0.2) is 0 Å². The van der Waals surface area contributed by atoms with Gasteiger partial charge in [-0.1, -0.05) is 91.0 Å². The number of ether oxygens (including phenoxy) is 3. The van der Waals surface area contributed by atoms with Crippen molar-refractivity contribution in [1.82, 2.24) is 5.32 Å². The van der Waals surface area contributed by atoms with Crippen molar-refractivity contribution >= 4 is 46.6 Å². The molecule has 4 aromatic carbocycles. The van der Waals surface area contributed by atoms with Crippen LogP contribution in [0.1, 0.15) is 52.7 Å². The first-order valence-electron chi connectivity index (χ1n) is 15.5. The molecule has 0 aromatic heterocycles. The van der Waals surface area contributed by atoms with Crippen LogP contribution in [-0.4, -0.2) is 49.0 Å². The Labute approximate surface area is 278 Å². The number of benzene rings is 4. The number of carbonyl (C=O) groups is 5. The van der Waals surface area contributed by atoms with Gasteiger partial charge in [-0.25, -0.2) is 9.59 Å². The summed E-state index contributed by atoms with van der Waals surface area (Å²) in [4.78, 5) is 63.3. The van der Waals surface area contributed by atoms with Crippen LogP contribution in [0.4, 0.5) is 0 Å². The molecule has 4 rings (SSSR count).